The zero-order chi connectivity index (χ0) is 17.5. The van der Waals surface area contributed by atoms with Crippen molar-refractivity contribution in [3.63, 3.8) is 0 Å². The summed E-state index contributed by atoms with van der Waals surface area (Å²) in [7, 11) is 0. The van der Waals surface area contributed by atoms with Crippen LogP contribution < -0.4 is 5.32 Å². The van der Waals surface area contributed by atoms with E-state index in [1.807, 2.05) is 12.1 Å². The first-order chi connectivity index (χ1) is 11.5. The molecule has 0 unspecified atom stereocenters. The van der Waals surface area contributed by atoms with Crippen LogP contribution >= 0.6 is 11.6 Å². The quantitative estimate of drug-likeness (QED) is 0.665. The molecule has 0 heterocycles. The number of nitrogens with one attached hydrogen (secondary N) is 1. The van der Waals surface area contributed by atoms with Crippen molar-refractivity contribution in [3.05, 3.63) is 58.9 Å². The van der Waals surface area contributed by atoms with Crippen molar-refractivity contribution in [3.8, 4) is 11.1 Å². The number of carbonyl (C=O) groups excluding carboxylic acids is 2. The summed E-state index contributed by atoms with van der Waals surface area (Å²) in [4.78, 5) is 22.6. The average Bonchev–Trinajstić information content (AvgIpc) is 2.58. The summed E-state index contributed by atoms with van der Waals surface area (Å²) < 4.78 is 18.4. The van der Waals surface area contributed by atoms with Gasteiger partial charge in [0.2, 0.25) is 0 Å². The second-order valence-corrected chi connectivity index (χ2v) is 5.48. The number of amides is 1. The smallest absolute Gasteiger partial charge is 0.396 e. The van der Waals surface area contributed by atoms with Gasteiger partial charge in [0.1, 0.15) is 5.82 Å². The highest BCUT2D eigenvalue weighted by Crippen LogP contribution is 2.26. The van der Waals surface area contributed by atoms with Gasteiger partial charge in [-0.15, -0.1) is 0 Å². The molecule has 0 saturated carbocycles. The standard InChI is InChI=1S/C18H17ClFNO3/c1-2-24-18(23)17(22)21-10-9-12-3-5-13(6-4-12)15-11-14(19)7-8-16(15)20/h3-8,11H,2,9-10H2,1H3,(H,21,22). The van der Waals surface area contributed by atoms with E-state index in [9.17, 15) is 14.0 Å². The van der Waals surface area contributed by atoms with E-state index in [0.717, 1.165) is 5.56 Å². The second-order valence-electron chi connectivity index (χ2n) is 5.05. The Kier molecular flexibility index (Phi) is 6.32. The largest absolute Gasteiger partial charge is 0.459 e. The van der Waals surface area contributed by atoms with Crippen molar-refractivity contribution in [1.82, 2.24) is 5.32 Å². The summed E-state index contributed by atoms with van der Waals surface area (Å²) in [6.07, 6.45) is 0.545. The fourth-order valence-electron chi connectivity index (χ4n) is 2.16. The predicted octanol–water partition coefficient (Wildman–Crippen LogP) is 3.37. The van der Waals surface area contributed by atoms with E-state index in [1.54, 1.807) is 25.1 Å². The highest BCUT2D eigenvalue weighted by atomic mass is 35.5. The molecule has 1 N–H and O–H groups in total. The number of hydrogen-bond acceptors (Lipinski definition) is 3. The molecule has 0 aliphatic carbocycles. The summed E-state index contributed by atoms with van der Waals surface area (Å²) in [6, 6.07) is 11.7. The van der Waals surface area contributed by atoms with E-state index in [-0.39, 0.29) is 12.4 Å². The van der Waals surface area contributed by atoms with Crippen LogP contribution in [0.25, 0.3) is 11.1 Å². The molecule has 2 rings (SSSR count). The maximum Gasteiger partial charge on any atom is 0.396 e. The fraction of sp³-hybridized carbons (Fsp3) is 0.222. The van der Waals surface area contributed by atoms with Crippen molar-refractivity contribution >= 4 is 23.5 Å². The summed E-state index contributed by atoms with van der Waals surface area (Å²) in [5, 5.41) is 2.96. The first kappa shape index (κ1) is 17.9. The molecule has 2 aromatic carbocycles. The van der Waals surface area contributed by atoms with Crippen LogP contribution in [-0.2, 0) is 20.7 Å². The monoisotopic (exact) mass is 349 g/mol. The zero-order valence-electron chi connectivity index (χ0n) is 13.1. The van der Waals surface area contributed by atoms with Gasteiger partial charge < -0.3 is 10.1 Å². The lowest BCUT2D eigenvalue weighted by atomic mass is 10.0. The lowest BCUT2D eigenvalue weighted by molar-refractivity contribution is -0.154. The van der Waals surface area contributed by atoms with E-state index in [0.29, 0.717) is 29.1 Å². The number of benzene rings is 2. The molecule has 0 spiro atoms. The average molecular weight is 350 g/mol. The van der Waals surface area contributed by atoms with E-state index >= 15 is 0 Å². The Morgan fingerprint density at radius 1 is 1.17 bits per heavy atom. The van der Waals surface area contributed by atoms with Crippen LogP contribution in [0.5, 0.6) is 0 Å². The molecule has 0 atom stereocenters. The number of carbonyl (C=O) groups is 2. The molecule has 0 bridgehead atoms. The van der Waals surface area contributed by atoms with Crippen LogP contribution in [0.15, 0.2) is 42.5 Å². The van der Waals surface area contributed by atoms with Crippen molar-refractivity contribution in [2.75, 3.05) is 13.2 Å². The molecule has 1 amide bonds. The Balaban J connectivity index is 1.94. The maximum atomic E-state index is 13.8. The van der Waals surface area contributed by atoms with Gasteiger partial charge in [0.15, 0.2) is 0 Å². The van der Waals surface area contributed by atoms with Crippen molar-refractivity contribution in [1.29, 1.82) is 0 Å². The third kappa shape index (κ3) is 4.80. The molecule has 0 saturated heterocycles. The minimum atomic E-state index is -0.885. The number of hydrogen-bond donors (Lipinski definition) is 1. The van der Waals surface area contributed by atoms with Gasteiger partial charge in [-0.25, -0.2) is 9.18 Å². The summed E-state index contributed by atoms with van der Waals surface area (Å²) in [6.45, 7) is 2.10. The van der Waals surface area contributed by atoms with Crippen LogP contribution in [0.3, 0.4) is 0 Å². The lowest BCUT2D eigenvalue weighted by Gasteiger charge is -2.07. The number of halogens is 2. The van der Waals surface area contributed by atoms with Gasteiger partial charge in [-0.1, -0.05) is 35.9 Å². The van der Waals surface area contributed by atoms with Crippen LogP contribution in [0.2, 0.25) is 5.02 Å². The molecular weight excluding hydrogens is 333 g/mol. The van der Waals surface area contributed by atoms with Crippen LogP contribution in [0.1, 0.15) is 12.5 Å². The molecule has 24 heavy (non-hydrogen) atoms. The molecule has 0 aliphatic rings. The van der Waals surface area contributed by atoms with Gasteiger partial charge >= 0.3 is 11.9 Å². The normalized spacial score (nSPS) is 10.3. The third-order valence-electron chi connectivity index (χ3n) is 3.35. The second kappa shape index (κ2) is 8.45. The molecule has 0 radical (unpaired) electrons. The summed E-state index contributed by atoms with van der Waals surface area (Å²) in [5.41, 5.74) is 2.10. The third-order valence-corrected chi connectivity index (χ3v) is 3.59. The lowest BCUT2D eigenvalue weighted by Crippen LogP contribution is -2.33. The SMILES string of the molecule is CCOC(=O)C(=O)NCCc1ccc(-c2cc(Cl)ccc2F)cc1. The van der Waals surface area contributed by atoms with Crippen molar-refractivity contribution in [2.45, 2.75) is 13.3 Å². The highest BCUT2D eigenvalue weighted by Gasteiger charge is 2.13. The van der Waals surface area contributed by atoms with Crippen LogP contribution in [0, 0.1) is 5.82 Å². The Hall–Kier alpha value is -2.40. The minimum Gasteiger partial charge on any atom is -0.459 e. The Labute approximate surface area is 144 Å². The van der Waals surface area contributed by atoms with Gasteiger partial charge in [0.25, 0.3) is 0 Å². The number of rotatable bonds is 5. The van der Waals surface area contributed by atoms with E-state index in [4.69, 9.17) is 11.6 Å². The van der Waals surface area contributed by atoms with Crippen molar-refractivity contribution in [2.24, 2.45) is 0 Å². The Morgan fingerprint density at radius 2 is 1.88 bits per heavy atom. The minimum absolute atomic E-state index is 0.160. The molecular formula is C18H17ClFNO3. The number of esters is 1. The van der Waals surface area contributed by atoms with Gasteiger partial charge in [-0.05, 0) is 42.7 Å². The molecule has 126 valence electrons. The Bertz CT molecular complexity index is 732. The molecule has 4 nitrogen and oxygen atoms in total. The summed E-state index contributed by atoms with van der Waals surface area (Å²) in [5.74, 6) is -1.98. The van der Waals surface area contributed by atoms with Gasteiger partial charge in [0.05, 0.1) is 6.61 Å². The van der Waals surface area contributed by atoms with Crippen molar-refractivity contribution < 1.29 is 18.7 Å². The molecule has 0 aliphatic heterocycles. The highest BCUT2D eigenvalue weighted by molar-refractivity contribution is 6.32. The summed E-state index contributed by atoms with van der Waals surface area (Å²) >= 11 is 5.90. The number of ether oxygens (including phenoxy) is 1. The van der Waals surface area contributed by atoms with E-state index in [1.165, 1.54) is 12.1 Å². The topological polar surface area (TPSA) is 55.4 Å². The fourth-order valence-corrected chi connectivity index (χ4v) is 2.33. The van der Waals surface area contributed by atoms with Crippen LogP contribution in [0.4, 0.5) is 4.39 Å². The zero-order valence-corrected chi connectivity index (χ0v) is 13.9. The molecule has 0 aromatic heterocycles. The van der Waals surface area contributed by atoms with E-state index < -0.39 is 11.9 Å². The molecule has 2 aromatic rings. The molecule has 6 heteroatoms. The first-order valence-corrected chi connectivity index (χ1v) is 7.88. The molecule has 0 fully saturated rings. The van der Waals surface area contributed by atoms with Gasteiger partial charge in [-0.3, -0.25) is 4.79 Å². The van der Waals surface area contributed by atoms with E-state index in [2.05, 4.69) is 10.1 Å². The maximum absolute atomic E-state index is 13.8. The van der Waals surface area contributed by atoms with Gasteiger partial charge in [-0.2, -0.15) is 0 Å². The predicted molar refractivity (Wildman–Crippen MR) is 90.2 cm³/mol. The van der Waals surface area contributed by atoms with Crippen LogP contribution in [-0.4, -0.2) is 25.0 Å². The first-order valence-electron chi connectivity index (χ1n) is 7.50. The Morgan fingerprint density at radius 3 is 2.54 bits per heavy atom. The van der Waals surface area contributed by atoms with Gasteiger partial charge in [0, 0.05) is 17.1 Å².